The molecule has 0 bridgehead atoms. The highest BCUT2D eigenvalue weighted by molar-refractivity contribution is 9.10. The standard InChI is InChI=1S/C14H11BrN2O4/c1-8-2-5-11(15)13(6-8)16-12-7-9(17(20)21)3-4-10(12)14(18)19/h2-7,16H,1H3,(H,18,19). The van der Waals surface area contributed by atoms with E-state index >= 15 is 0 Å². The SMILES string of the molecule is Cc1ccc(Br)c(Nc2cc([N+](=O)[O-])ccc2C(=O)O)c1. The fraction of sp³-hybridized carbons (Fsp3) is 0.0714. The van der Waals surface area contributed by atoms with Gasteiger partial charge < -0.3 is 10.4 Å². The normalized spacial score (nSPS) is 10.2. The second-order valence-corrected chi connectivity index (χ2v) is 5.25. The van der Waals surface area contributed by atoms with E-state index < -0.39 is 10.9 Å². The number of nitrogens with zero attached hydrogens (tertiary/aromatic N) is 1. The first-order valence-electron chi connectivity index (χ1n) is 5.93. The Morgan fingerprint density at radius 3 is 2.57 bits per heavy atom. The summed E-state index contributed by atoms with van der Waals surface area (Å²) < 4.78 is 0.732. The van der Waals surface area contributed by atoms with E-state index in [4.69, 9.17) is 0 Å². The minimum Gasteiger partial charge on any atom is -0.478 e. The molecule has 108 valence electrons. The van der Waals surface area contributed by atoms with Crippen molar-refractivity contribution >= 4 is 39.0 Å². The molecule has 0 unspecified atom stereocenters. The molecule has 6 nitrogen and oxygen atoms in total. The fourth-order valence-corrected chi connectivity index (χ4v) is 2.16. The molecule has 2 N–H and O–H groups in total. The molecule has 0 amide bonds. The van der Waals surface area contributed by atoms with Gasteiger partial charge >= 0.3 is 5.97 Å². The summed E-state index contributed by atoms with van der Waals surface area (Å²) in [6, 6.07) is 9.11. The summed E-state index contributed by atoms with van der Waals surface area (Å²) in [6.07, 6.45) is 0. The first kappa shape index (κ1) is 15.0. The third kappa shape index (κ3) is 3.38. The van der Waals surface area contributed by atoms with E-state index in [2.05, 4.69) is 21.2 Å². The maximum atomic E-state index is 11.2. The highest BCUT2D eigenvalue weighted by atomic mass is 79.9. The number of hydrogen-bond donors (Lipinski definition) is 2. The number of aromatic carboxylic acids is 1. The number of hydrogen-bond acceptors (Lipinski definition) is 4. The number of nitrogens with one attached hydrogen (secondary N) is 1. The first-order chi connectivity index (χ1) is 9.88. The number of rotatable bonds is 4. The van der Waals surface area contributed by atoms with Crippen LogP contribution in [0.25, 0.3) is 0 Å². The molecular weight excluding hydrogens is 340 g/mol. The summed E-state index contributed by atoms with van der Waals surface area (Å²) >= 11 is 3.35. The monoisotopic (exact) mass is 350 g/mol. The zero-order valence-corrected chi connectivity index (χ0v) is 12.5. The number of carboxylic acids is 1. The minimum atomic E-state index is -1.16. The van der Waals surface area contributed by atoms with Gasteiger partial charge in [0.05, 0.1) is 21.9 Å². The molecule has 0 heterocycles. The van der Waals surface area contributed by atoms with Crippen molar-refractivity contribution in [1.29, 1.82) is 0 Å². The van der Waals surface area contributed by atoms with Crippen molar-refractivity contribution in [3.8, 4) is 0 Å². The van der Waals surface area contributed by atoms with E-state index in [1.165, 1.54) is 18.2 Å². The third-order valence-corrected chi connectivity index (χ3v) is 3.53. The van der Waals surface area contributed by atoms with Crippen LogP contribution in [-0.4, -0.2) is 16.0 Å². The summed E-state index contributed by atoms with van der Waals surface area (Å²) in [5.41, 5.74) is 1.57. The number of carbonyl (C=O) groups is 1. The Hall–Kier alpha value is -2.41. The lowest BCUT2D eigenvalue weighted by Gasteiger charge is -2.12. The number of nitro benzene ring substituents is 1. The molecule has 0 radical (unpaired) electrons. The van der Waals surface area contributed by atoms with Crippen LogP contribution in [0.3, 0.4) is 0 Å². The Kier molecular flexibility index (Phi) is 4.23. The van der Waals surface area contributed by atoms with Crippen molar-refractivity contribution in [1.82, 2.24) is 0 Å². The lowest BCUT2D eigenvalue weighted by atomic mass is 10.1. The molecular formula is C14H11BrN2O4. The van der Waals surface area contributed by atoms with Crippen LogP contribution in [0.5, 0.6) is 0 Å². The molecule has 2 aromatic carbocycles. The van der Waals surface area contributed by atoms with Crippen LogP contribution in [0, 0.1) is 17.0 Å². The van der Waals surface area contributed by atoms with Gasteiger partial charge in [0.1, 0.15) is 0 Å². The van der Waals surface area contributed by atoms with E-state index in [9.17, 15) is 20.0 Å². The maximum absolute atomic E-state index is 11.2. The van der Waals surface area contributed by atoms with E-state index in [1.54, 1.807) is 0 Å². The Balaban J connectivity index is 2.50. The van der Waals surface area contributed by atoms with Crippen LogP contribution in [0.4, 0.5) is 17.1 Å². The van der Waals surface area contributed by atoms with Crippen molar-refractivity contribution in [2.75, 3.05) is 5.32 Å². The van der Waals surface area contributed by atoms with Crippen molar-refractivity contribution in [2.45, 2.75) is 6.92 Å². The van der Waals surface area contributed by atoms with Crippen LogP contribution in [0.1, 0.15) is 15.9 Å². The number of non-ortho nitro benzene ring substituents is 1. The van der Waals surface area contributed by atoms with Crippen LogP contribution >= 0.6 is 15.9 Å². The molecule has 0 aromatic heterocycles. The predicted octanol–water partition coefficient (Wildman–Crippen LogP) is 4.11. The summed E-state index contributed by atoms with van der Waals surface area (Å²) in [5, 5.41) is 22.9. The van der Waals surface area contributed by atoms with Crippen LogP contribution in [0.2, 0.25) is 0 Å². The molecule has 0 aliphatic carbocycles. The van der Waals surface area contributed by atoms with Crippen molar-refractivity contribution < 1.29 is 14.8 Å². The van der Waals surface area contributed by atoms with Gasteiger partial charge in [0.25, 0.3) is 5.69 Å². The van der Waals surface area contributed by atoms with Gasteiger partial charge in [-0.3, -0.25) is 10.1 Å². The van der Waals surface area contributed by atoms with E-state index in [0.29, 0.717) is 5.69 Å². The average Bonchev–Trinajstić information content (AvgIpc) is 2.42. The van der Waals surface area contributed by atoms with Gasteiger partial charge in [0.2, 0.25) is 0 Å². The molecule has 0 spiro atoms. The lowest BCUT2D eigenvalue weighted by Crippen LogP contribution is -2.04. The van der Waals surface area contributed by atoms with Crippen molar-refractivity contribution in [3.05, 3.63) is 62.1 Å². The smallest absolute Gasteiger partial charge is 0.337 e. The van der Waals surface area contributed by atoms with Gasteiger partial charge in [0, 0.05) is 16.6 Å². The van der Waals surface area contributed by atoms with E-state index in [1.807, 2.05) is 25.1 Å². The van der Waals surface area contributed by atoms with Gasteiger partial charge in [-0.05, 0) is 46.6 Å². The fourth-order valence-electron chi connectivity index (χ4n) is 1.82. The van der Waals surface area contributed by atoms with Crippen LogP contribution < -0.4 is 5.32 Å². The molecule has 7 heteroatoms. The molecule has 0 fully saturated rings. The van der Waals surface area contributed by atoms with Gasteiger partial charge in [-0.2, -0.15) is 0 Å². The molecule has 2 aromatic rings. The number of aryl methyl sites for hydroxylation is 1. The molecule has 0 saturated carbocycles. The number of benzene rings is 2. The zero-order chi connectivity index (χ0) is 15.6. The minimum absolute atomic E-state index is 0.0333. The Morgan fingerprint density at radius 1 is 1.24 bits per heavy atom. The lowest BCUT2D eigenvalue weighted by molar-refractivity contribution is -0.384. The summed E-state index contributed by atoms with van der Waals surface area (Å²) in [6.45, 7) is 1.89. The van der Waals surface area contributed by atoms with E-state index in [-0.39, 0.29) is 16.9 Å². The molecule has 21 heavy (non-hydrogen) atoms. The second-order valence-electron chi connectivity index (χ2n) is 4.40. The second kappa shape index (κ2) is 5.92. The van der Waals surface area contributed by atoms with E-state index in [0.717, 1.165) is 10.0 Å². The van der Waals surface area contributed by atoms with Crippen LogP contribution in [0.15, 0.2) is 40.9 Å². The van der Waals surface area contributed by atoms with Gasteiger partial charge in [-0.25, -0.2) is 4.79 Å². The summed E-state index contributed by atoms with van der Waals surface area (Å²) in [7, 11) is 0. The molecule has 0 aliphatic rings. The van der Waals surface area contributed by atoms with Gasteiger partial charge in [-0.1, -0.05) is 6.07 Å². The number of nitro groups is 1. The number of carboxylic acid groups (broad SMARTS) is 1. The summed E-state index contributed by atoms with van der Waals surface area (Å²) in [5.74, 6) is -1.16. The maximum Gasteiger partial charge on any atom is 0.337 e. The highest BCUT2D eigenvalue weighted by Crippen LogP contribution is 2.30. The Labute approximate surface area is 128 Å². The van der Waals surface area contributed by atoms with Crippen LogP contribution in [-0.2, 0) is 0 Å². The Morgan fingerprint density at radius 2 is 1.95 bits per heavy atom. The molecule has 0 aliphatic heterocycles. The molecule has 2 rings (SSSR count). The number of halogens is 1. The van der Waals surface area contributed by atoms with Crippen molar-refractivity contribution in [2.24, 2.45) is 0 Å². The largest absolute Gasteiger partial charge is 0.478 e. The summed E-state index contributed by atoms with van der Waals surface area (Å²) in [4.78, 5) is 21.5. The zero-order valence-electron chi connectivity index (χ0n) is 11.0. The average molecular weight is 351 g/mol. The topological polar surface area (TPSA) is 92.5 Å². The number of anilines is 2. The quantitative estimate of drug-likeness (QED) is 0.639. The Bertz CT molecular complexity index is 731. The van der Waals surface area contributed by atoms with Gasteiger partial charge in [0.15, 0.2) is 0 Å². The predicted molar refractivity (Wildman–Crippen MR) is 82.2 cm³/mol. The third-order valence-electron chi connectivity index (χ3n) is 2.84. The molecule has 0 saturated heterocycles. The van der Waals surface area contributed by atoms with Crippen molar-refractivity contribution in [3.63, 3.8) is 0 Å². The first-order valence-corrected chi connectivity index (χ1v) is 6.72. The highest BCUT2D eigenvalue weighted by Gasteiger charge is 2.16. The van der Waals surface area contributed by atoms with Gasteiger partial charge in [-0.15, -0.1) is 0 Å². The molecule has 0 atom stereocenters.